The van der Waals surface area contributed by atoms with Crippen LogP contribution in [0.2, 0.25) is 0 Å². The largest absolute Gasteiger partial charge is 0.422 e. The lowest BCUT2D eigenvalue weighted by Gasteiger charge is -1.70. The molecule has 2 heterocycles. The molecule has 0 radical (unpaired) electrons. The number of oxazole rings is 2. The Kier molecular flexibility index (Phi) is 0.677. The van der Waals surface area contributed by atoms with Crippen molar-refractivity contribution < 1.29 is 8.83 Å². The van der Waals surface area contributed by atoms with E-state index in [2.05, 4.69) is 9.97 Å². The van der Waals surface area contributed by atoms with E-state index in [1.54, 1.807) is 6.92 Å². The van der Waals surface area contributed by atoms with Crippen molar-refractivity contribution >= 4 is 11.4 Å². The molecule has 4 heteroatoms. The van der Waals surface area contributed by atoms with Gasteiger partial charge in [0.15, 0.2) is 12.3 Å². The molecule has 2 aromatic heterocycles. The molecule has 4 nitrogen and oxygen atoms in total. The van der Waals surface area contributed by atoms with Gasteiger partial charge in [0.05, 0.1) is 0 Å². The predicted octanol–water partition coefficient (Wildman–Crippen LogP) is 1.12. The van der Waals surface area contributed by atoms with Gasteiger partial charge in [-0.15, -0.1) is 0 Å². The van der Waals surface area contributed by atoms with E-state index < -0.39 is 0 Å². The zero-order valence-corrected chi connectivity index (χ0v) is 4.79. The molecule has 46 valence electrons. The second-order valence-corrected chi connectivity index (χ2v) is 1.70. The normalized spacial score (nSPS) is 10.8. The van der Waals surface area contributed by atoms with Crippen molar-refractivity contribution in [3.05, 3.63) is 12.3 Å². The van der Waals surface area contributed by atoms with Crippen molar-refractivity contribution in [1.29, 1.82) is 0 Å². The van der Waals surface area contributed by atoms with Gasteiger partial charge in [-0.3, -0.25) is 0 Å². The third-order valence-corrected chi connectivity index (χ3v) is 1.02. The van der Waals surface area contributed by atoms with E-state index in [4.69, 9.17) is 8.83 Å². The fourth-order valence-corrected chi connectivity index (χ4v) is 0.680. The smallest absolute Gasteiger partial charge is 0.288 e. The van der Waals surface area contributed by atoms with Crippen LogP contribution < -0.4 is 0 Å². The lowest BCUT2D eigenvalue weighted by Crippen LogP contribution is -1.63. The number of hydrogen-bond acceptors (Lipinski definition) is 4. The number of fused-ring (bicyclic) bond motifs is 1. The van der Waals surface area contributed by atoms with Crippen molar-refractivity contribution in [1.82, 2.24) is 9.97 Å². The first kappa shape index (κ1) is 4.55. The first-order chi connectivity index (χ1) is 4.36. The van der Waals surface area contributed by atoms with Crippen LogP contribution >= 0.6 is 0 Å². The average molecular weight is 124 g/mol. The maximum Gasteiger partial charge on any atom is 0.288 e. The van der Waals surface area contributed by atoms with Crippen LogP contribution in [0.1, 0.15) is 5.89 Å². The molecule has 0 aliphatic heterocycles. The quantitative estimate of drug-likeness (QED) is 0.528. The predicted molar refractivity (Wildman–Crippen MR) is 28.8 cm³/mol. The summed E-state index contributed by atoms with van der Waals surface area (Å²) in [5.74, 6) is 0.580. The maximum atomic E-state index is 4.99. The van der Waals surface area contributed by atoms with Crippen LogP contribution in [-0.4, -0.2) is 9.97 Å². The Morgan fingerprint density at radius 2 is 2.33 bits per heavy atom. The highest BCUT2D eigenvalue weighted by molar-refractivity contribution is 5.58. The van der Waals surface area contributed by atoms with Gasteiger partial charge in [-0.25, -0.2) is 0 Å². The molecule has 0 aliphatic carbocycles. The Morgan fingerprint density at radius 1 is 1.44 bits per heavy atom. The van der Waals surface area contributed by atoms with Crippen LogP contribution in [0, 0.1) is 6.92 Å². The third kappa shape index (κ3) is 0.526. The first-order valence-electron chi connectivity index (χ1n) is 2.53. The lowest BCUT2D eigenvalue weighted by atomic mass is 10.8. The standard InChI is InChI=1S/C5H4N2O2/c1-3-7-5-4(9-3)6-2-8-5/h2H,1H3. The molecule has 2 aromatic rings. The van der Waals surface area contributed by atoms with Crippen molar-refractivity contribution in [3.8, 4) is 0 Å². The Hall–Kier alpha value is -1.32. The zero-order valence-electron chi connectivity index (χ0n) is 4.79. The second kappa shape index (κ2) is 1.34. The number of aromatic nitrogens is 2. The highest BCUT2D eigenvalue weighted by atomic mass is 16.4. The van der Waals surface area contributed by atoms with Crippen LogP contribution in [0.5, 0.6) is 0 Å². The number of rotatable bonds is 0. The number of nitrogens with zero attached hydrogens (tertiary/aromatic N) is 2. The van der Waals surface area contributed by atoms with Crippen LogP contribution in [0.15, 0.2) is 15.2 Å². The fourth-order valence-electron chi connectivity index (χ4n) is 0.680. The van der Waals surface area contributed by atoms with Gasteiger partial charge in [-0.2, -0.15) is 9.97 Å². The van der Waals surface area contributed by atoms with E-state index in [0.29, 0.717) is 17.3 Å². The molecule has 0 aromatic carbocycles. The summed E-state index contributed by atoms with van der Waals surface area (Å²) in [5, 5.41) is 0. The van der Waals surface area contributed by atoms with Crippen LogP contribution in [-0.2, 0) is 0 Å². The monoisotopic (exact) mass is 124 g/mol. The van der Waals surface area contributed by atoms with Crippen molar-refractivity contribution in [2.24, 2.45) is 0 Å². The summed E-state index contributed by atoms with van der Waals surface area (Å²) in [6.07, 6.45) is 1.31. The summed E-state index contributed by atoms with van der Waals surface area (Å²) in [5.41, 5.74) is 0.931. The Bertz CT molecular complexity index is 294. The minimum atomic E-state index is 0.465. The van der Waals surface area contributed by atoms with Crippen LogP contribution in [0.4, 0.5) is 0 Å². The molecule has 0 aliphatic rings. The molecule has 0 bridgehead atoms. The second-order valence-electron chi connectivity index (χ2n) is 1.70. The van der Waals surface area contributed by atoms with E-state index in [-0.39, 0.29) is 0 Å². The van der Waals surface area contributed by atoms with Crippen LogP contribution in [0.3, 0.4) is 0 Å². The molecular formula is C5H4N2O2. The summed E-state index contributed by atoms with van der Waals surface area (Å²) >= 11 is 0. The Balaban J connectivity index is 2.92. The Labute approximate surface area is 50.5 Å². The molecule has 0 amide bonds. The fraction of sp³-hybridized carbons (Fsp3) is 0.200. The van der Waals surface area contributed by atoms with E-state index >= 15 is 0 Å². The maximum absolute atomic E-state index is 4.99. The van der Waals surface area contributed by atoms with Crippen molar-refractivity contribution in [2.75, 3.05) is 0 Å². The van der Waals surface area contributed by atoms with Gasteiger partial charge in [-0.1, -0.05) is 0 Å². The summed E-state index contributed by atoms with van der Waals surface area (Å²) in [7, 11) is 0. The van der Waals surface area contributed by atoms with Gasteiger partial charge in [0, 0.05) is 6.92 Å². The summed E-state index contributed by atoms with van der Waals surface area (Å²) in [4.78, 5) is 7.62. The molecule has 0 saturated carbocycles. The minimum Gasteiger partial charge on any atom is -0.422 e. The summed E-state index contributed by atoms with van der Waals surface area (Å²) in [6.45, 7) is 1.75. The molecule has 0 atom stereocenters. The van der Waals surface area contributed by atoms with Gasteiger partial charge in [0.25, 0.3) is 11.4 Å². The first-order valence-corrected chi connectivity index (χ1v) is 2.53. The van der Waals surface area contributed by atoms with Gasteiger partial charge >= 0.3 is 0 Å². The average Bonchev–Trinajstić information content (AvgIpc) is 2.22. The van der Waals surface area contributed by atoms with Crippen LogP contribution in [0.25, 0.3) is 11.4 Å². The molecule has 0 N–H and O–H groups in total. The van der Waals surface area contributed by atoms with Gasteiger partial charge in [0.2, 0.25) is 0 Å². The molecule has 2 rings (SSSR count). The summed E-state index contributed by atoms with van der Waals surface area (Å²) < 4.78 is 9.81. The Morgan fingerprint density at radius 3 is 3.11 bits per heavy atom. The minimum absolute atomic E-state index is 0.465. The highest BCUT2D eigenvalue weighted by Crippen LogP contribution is 2.10. The highest BCUT2D eigenvalue weighted by Gasteiger charge is 2.03. The van der Waals surface area contributed by atoms with Gasteiger partial charge < -0.3 is 8.83 Å². The van der Waals surface area contributed by atoms with E-state index in [1.165, 1.54) is 6.39 Å². The SMILES string of the molecule is Cc1nc2ocnc2o1. The van der Waals surface area contributed by atoms with Crippen molar-refractivity contribution in [2.45, 2.75) is 6.92 Å². The van der Waals surface area contributed by atoms with E-state index in [9.17, 15) is 0 Å². The number of aryl methyl sites for hydroxylation is 1. The van der Waals surface area contributed by atoms with Gasteiger partial charge in [0.1, 0.15) is 0 Å². The molecular weight excluding hydrogens is 120 g/mol. The zero-order chi connectivity index (χ0) is 6.27. The molecule has 9 heavy (non-hydrogen) atoms. The number of hydrogen-bond donors (Lipinski definition) is 0. The lowest BCUT2D eigenvalue weighted by molar-refractivity contribution is 0.545. The van der Waals surface area contributed by atoms with E-state index in [0.717, 1.165) is 0 Å². The van der Waals surface area contributed by atoms with E-state index in [1.807, 2.05) is 0 Å². The van der Waals surface area contributed by atoms with Gasteiger partial charge in [-0.05, 0) is 0 Å². The summed E-state index contributed by atoms with van der Waals surface area (Å²) in [6, 6.07) is 0. The molecule has 0 saturated heterocycles. The molecule has 0 fully saturated rings. The topological polar surface area (TPSA) is 52.1 Å². The molecule has 0 unspecified atom stereocenters. The third-order valence-electron chi connectivity index (χ3n) is 1.02. The molecule has 0 spiro atoms. The van der Waals surface area contributed by atoms with Crippen molar-refractivity contribution in [3.63, 3.8) is 0 Å².